The van der Waals surface area contributed by atoms with Gasteiger partial charge in [-0.15, -0.1) is 0 Å². The van der Waals surface area contributed by atoms with Crippen molar-refractivity contribution in [2.45, 2.75) is 45.8 Å². The van der Waals surface area contributed by atoms with Crippen LogP contribution in [0.1, 0.15) is 39.2 Å². The van der Waals surface area contributed by atoms with E-state index >= 15 is 0 Å². The quantitative estimate of drug-likeness (QED) is 0.780. The fourth-order valence-electron chi connectivity index (χ4n) is 2.53. The first-order chi connectivity index (χ1) is 10.8. The summed E-state index contributed by atoms with van der Waals surface area (Å²) in [5.74, 6) is 0.344. The van der Waals surface area contributed by atoms with Gasteiger partial charge in [-0.05, 0) is 45.2 Å². The molecule has 1 aromatic heterocycles. The van der Waals surface area contributed by atoms with Gasteiger partial charge in [0.1, 0.15) is 10.8 Å². The number of aromatic nitrogens is 1. The molecular weight excluding hydrogens is 316 g/mol. The molecule has 1 aliphatic rings. The number of halogens is 1. The van der Waals surface area contributed by atoms with Crippen molar-refractivity contribution in [3.63, 3.8) is 0 Å². The summed E-state index contributed by atoms with van der Waals surface area (Å²) in [7, 11) is 0. The summed E-state index contributed by atoms with van der Waals surface area (Å²) < 4.78 is 11.2. The number of carbonyl (C=O) groups excluding carboxylic acids is 1. The number of hydrogen-bond donors (Lipinski definition) is 0. The summed E-state index contributed by atoms with van der Waals surface area (Å²) in [6, 6.07) is 3.66. The molecule has 6 heteroatoms. The van der Waals surface area contributed by atoms with Crippen LogP contribution in [-0.2, 0) is 16.1 Å². The normalized spacial score (nSPS) is 18.8. The largest absolute Gasteiger partial charge is 0.444 e. The predicted octanol–water partition coefficient (Wildman–Crippen LogP) is 3.90. The molecule has 1 saturated heterocycles. The van der Waals surface area contributed by atoms with E-state index in [2.05, 4.69) is 4.98 Å². The van der Waals surface area contributed by atoms with Crippen LogP contribution in [0.15, 0.2) is 18.3 Å². The number of pyridine rings is 1. The fraction of sp³-hybridized carbons (Fsp3) is 0.647. The van der Waals surface area contributed by atoms with Gasteiger partial charge < -0.3 is 14.4 Å². The molecule has 0 bridgehead atoms. The number of rotatable bonds is 4. The van der Waals surface area contributed by atoms with Crippen LogP contribution in [0.5, 0.6) is 0 Å². The van der Waals surface area contributed by atoms with Gasteiger partial charge in [-0.1, -0.05) is 17.7 Å². The number of amides is 1. The van der Waals surface area contributed by atoms with E-state index in [-0.39, 0.29) is 6.09 Å². The molecule has 0 N–H and O–H groups in total. The number of piperidine rings is 1. The topological polar surface area (TPSA) is 51.7 Å². The summed E-state index contributed by atoms with van der Waals surface area (Å²) in [6.45, 7) is 8.23. The molecule has 0 aliphatic carbocycles. The van der Waals surface area contributed by atoms with Gasteiger partial charge in [0.25, 0.3) is 0 Å². The Balaban J connectivity index is 1.75. The Morgan fingerprint density at radius 1 is 1.43 bits per heavy atom. The molecule has 0 unspecified atom stereocenters. The number of carbonyl (C=O) groups is 1. The van der Waals surface area contributed by atoms with Crippen LogP contribution in [-0.4, -0.2) is 41.3 Å². The smallest absolute Gasteiger partial charge is 0.410 e. The Labute approximate surface area is 142 Å². The van der Waals surface area contributed by atoms with Crippen LogP contribution in [0.25, 0.3) is 0 Å². The standard InChI is InChI=1S/C17H25ClN2O3/c1-17(2,3)23-16(21)20-8-4-5-14(10-20)12-22-11-13-6-7-15(18)19-9-13/h6-7,9,14H,4-5,8,10-12H2,1-3H3/t14-/m1/s1. The molecular formula is C17H25ClN2O3. The van der Waals surface area contributed by atoms with Gasteiger partial charge in [-0.25, -0.2) is 9.78 Å². The van der Waals surface area contributed by atoms with Gasteiger partial charge in [-0.3, -0.25) is 0 Å². The van der Waals surface area contributed by atoms with E-state index in [1.165, 1.54) is 0 Å². The number of ether oxygens (including phenoxy) is 2. The molecule has 0 saturated carbocycles. The third kappa shape index (κ3) is 6.36. The molecule has 1 fully saturated rings. The maximum absolute atomic E-state index is 12.1. The van der Waals surface area contributed by atoms with Crippen molar-refractivity contribution in [3.8, 4) is 0 Å². The molecule has 1 aliphatic heterocycles. The lowest BCUT2D eigenvalue weighted by Crippen LogP contribution is -2.43. The first-order valence-electron chi connectivity index (χ1n) is 7.99. The van der Waals surface area contributed by atoms with Crippen molar-refractivity contribution in [2.75, 3.05) is 19.7 Å². The highest BCUT2D eigenvalue weighted by molar-refractivity contribution is 6.29. The Kier molecular flexibility index (Phi) is 6.25. The van der Waals surface area contributed by atoms with E-state index in [0.717, 1.165) is 24.9 Å². The molecule has 128 valence electrons. The Hall–Kier alpha value is -1.33. The fourth-order valence-corrected chi connectivity index (χ4v) is 2.64. The van der Waals surface area contributed by atoms with E-state index < -0.39 is 5.60 Å². The highest BCUT2D eigenvalue weighted by atomic mass is 35.5. The van der Waals surface area contributed by atoms with E-state index in [1.54, 1.807) is 17.2 Å². The summed E-state index contributed by atoms with van der Waals surface area (Å²) in [6.07, 6.45) is 3.54. The second kappa shape index (κ2) is 7.97. The Bertz CT molecular complexity index is 514. The zero-order valence-electron chi connectivity index (χ0n) is 14.0. The van der Waals surface area contributed by atoms with E-state index in [9.17, 15) is 4.79 Å². The maximum atomic E-state index is 12.1. The van der Waals surface area contributed by atoms with Crippen molar-refractivity contribution in [3.05, 3.63) is 29.0 Å². The van der Waals surface area contributed by atoms with E-state index in [4.69, 9.17) is 21.1 Å². The van der Waals surface area contributed by atoms with Crippen LogP contribution < -0.4 is 0 Å². The Morgan fingerprint density at radius 3 is 2.87 bits per heavy atom. The van der Waals surface area contributed by atoms with Crippen molar-refractivity contribution in [2.24, 2.45) is 5.92 Å². The zero-order chi connectivity index (χ0) is 16.9. The van der Waals surface area contributed by atoms with Crippen molar-refractivity contribution in [1.29, 1.82) is 0 Å². The van der Waals surface area contributed by atoms with Gasteiger partial charge in [0.05, 0.1) is 13.2 Å². The van der Waals surface area contributed by atoms with Gasteiger partial charge in [0, 0.05) is 25.2 Å². The number of hydrogen-bond acceptors (Lipinski definition) is 4. The zero-order valence-corrected chi connectivity index (χ0v) is 14.8. The maximum Gasteiger partial charge on any atom is 0.410 e. The van der Waals surface area contributed by atoms with Crippen LogP contribution in [0.2, 0.25) is 5.15 Å². The molecule has 2 heterocycles. The minimum atomic E-state index is -0.456. The predicted molar refractivity (Wildman–Crippen MR) is 89.4 cm³/mol. The molecule has 0 aromatic carbocycles. The highest BCUT2D eigenvalue weighted by Crippen LogP contribution is 2.20. The second-order valence-electron chi connectivity index (χ2n) is 6.94. The second-order valence-corrected chi connectivity index (χ2v) is 7.33. The van der Waals surface area contributed by atoms with Crippen molar-refractivity contribution >= 4 is 17.7 Å². The lowest BCUT2D eigenvalue weighted by molar-refractivity contribution is 0.00591. The molecule has 1 amide bonds. The first kappa shape index (κ1) is 18.0. The number of likely N-dealkylation sites (tertiary alicyclic amines) is 1. The van der Waals surface area contributed by atoms with Gasteiger partial charge in [0.2, 0.25) is 0 Å². The van der Waals surface area contributed by atoms with E-state index in [0.29, 0.717) is 30.8 Å². The summed E-state index contributed by atoms with van der Waals surface area (Å²) >= 11 is 5.76. The highest BCUT2D eigenvalue weighted by Gasteiger charge is 2.27. The third-order valence-corrected chi connectivity index (χ3v) is 3.81. The van der Waals surface area contributed by atoms with Gasteiger partial charge >= 0.3 is 6.09 Å². The van der Waals surface area contributed by atoms with Crippen LogP contribution in [0.4, 0.5) is 4.79 Å². The van der Waals surface area contributed by atoms with Crippen molar-refractivity contribution < 1.29 is 14.3 Å². The van der Waals surface area contributed by atoms with Crippen LogP contribution in [0.3, 0.4) is 0 Å². The SMILES string of the molecule is CC(C)(C)OC(=O)N1CCC[C@@H](COCc2ccc(Cl)nc2)C1. The first-order valence-corrected chi connectivity index (χ1v) is 8.37. The van der Waals surface area contributed by atoms with Crippen LogP contribution in [0, 0.1) is 5.92 Å². The Morgan fingerprint density at radius 2 is 2.22 bits per heavy atom. The lowest BCUT2D eigenvalue weighted by atomic mass is 9.99. The summed E-state index contributed by atoms with van der Waals surface area (Å²) in [5, 5.41) is 0.481. The average molecular weight is 341 g/mol. The minimum Gasteiger partial charge on any atom is -0.444 e. The third-order valence-electron chi connectivity index (χ3n) is 3.58. The van der Waals surface area contributed by atoms with Crippen molar-refractivity contribution in [1.82, 2.24) is 9.88 Å². The molecule has 0 spiro atoms. The lowest BCUT2D eigenvalue weighted by Gasteiger charge is -2.34. The van der Waals surface area contributed by atoms with Gasteiger partial charge in [0.15, 0.2) is 0 Å². The molecule has 2 rings (SSSR count). The molecule has 0 radical (unpaired) electrons. The van der Waals surface area contributed by atoms with Gasteiger partial charge in [-0.2, -0.15) is 0 Å². The van der Waals surface area contributed by atoms with E-state index in [1.807, 2.05) is 26.8 Å². The summed E-state index contributed by atoms with van der Waals surface area (Å²) in [5.41, 5.74) is 0.538. The monoisotopic (exact) mass is 340 g/mol. The van der Waals surface area contributed by atoms with Crippen LogP contribution >= 0.6 is 11.6 Å². The molecule has 1 aromatic rings. The molecule has 23 heavy (non-hydrogen) atoms. The molecule has 5 nitrogen and oxygen atoms in total. The summed E-state index contributed by atoms with van der Waals surface area (Å²) in [4.78, 5) is 17.9. The minimum absolute atomic E-state index is 0.232. The molecule has 1 atom stereocenters. The average Bonchev–Trinajstić information content (AvgIpc) is 2.48. The number of nitrogens with zero attached hydrogens (tertiary/aromatic N) is 2.